The molecule has 0 aliphatic carbocycles. The van der Waals surface area contributed by atoms with E-state index in [0.717, 1.165) is 25.3 Å². The molecule has 0 fully saturated rings. The van der Waals surface area contributed by atoms with Crippen LogP contribution in [0.15, 0.2) is 18.2 Å². The van der Waals surface area contributed by atoms with E-state index in [0.29, 0.717) is 18.0 Å². The Kier molecular flexibility index (Phi) is 5.63. The van der Waals surface area contributed by atoms with E-state index in [-0.39, 0.29) is 0 Å². The second-order valence-corrected chi connectivity index (χ2v) is 4.01. The van der Waals surface area contributed by atoms with Gasteiger partial charge in [-0.1, -0.05) is 6.92 Å². The van der Waals surface area contributed by atoms with Crippen molar-refractivity contribution in [2.24, 2.45) is 0 Å². The molecule has 1 rings (SSSR count). The minimum Gasteiger partial charge on any atom is -0.493 e. The molecule has 0 aromatic heterocycles. The summed E-state index contributed by atoms with van der Waals surface area (Å²) in [7, 11) is 3.72. The lowest BCUT2D eigenvalue weighted by Gasteiger charge is -2.15. The molecule has 0 saturated heterocycles. The predicted molar refractivity (Wildman–Crippen MR) is 70.7 cm³/mol. The van der Waals surface area contributed by atoms with Crippen molar-refractivity contribution in [1.29, 1.82) is 0 Å². The third-order valence-corrected chi connectivity index (χ3v) is 2.67. The molecule has 1 aromatic carbocycles. The van der Waals surface area contributed by atoms with E-state index in [1.807, 2.05) is 12.1 Å². The quantitative estimate of drug-likeness (QED) is 0.583. The smallest absolute Gasteiger partial charge is 0.162 e. The molecule has 17 heavy (non-hydrogen) atoms. The summed E-state index contributed by atoms with van der Waals surface area (Å²) < 4.78 is 10.9. The Hall–Kier alpha value is -1.42. The van der Waals surface area contributed by atoms with E-state index in [9.17, 15) is 0 Å². The van der Waals surface area contributed by atoms with Crippen molar-refractivity contribution in [3.8, 4) is 11.5 Å². The van der Waals surface area contributed by atoms with Gasteiger partial charge in [-0.05, 0) is 32.1 Å². The van der Waals surface area contributed by atoms with Crippen LogP contribution in [0.5, 0.6) is 11.5 Å². The van der Waals surface area contributed by atoms with E-state index in [1.54, 1.807) is 13.2 Å². The van der Waals surface area contributed by atoms with E-state index >= 15 is 0 Å². The van der Waals surface area contributed by atoms with Crippen molar-refractivity contribution < 1.29 is 9.47 Å². The van der Waals surface area contributed by atoms with Gasteiger partial charge in [0.1, 0.15) is 0 Å². The molecule has 0 bridgehead atoms. The second-order valence-electron chi connectivity index (χ2n) is 4.01. The predicted octanol–water partition coefficient (Wildman–Crippen LogP) is 2.00. The SMILES string of the molecule is CCN(C)CCCOc1ccc(N)cc1OC. The van der Waals surface area contributed by atoms with Crippen LogP contribution in [0.2, 0.25) is 0 Å². The average molecular weight is 238 g/mol. The number of anilines is 1. The Labute approximate surface area is 103 Å². The van der Waals surface area contributed by atoms with Crippen LogP contribution in [0, 0.1) is 0 Å². The van der Waals surface area contributed by atoms with Gasteiger partial charge < -0.3 is 20.1 Å². The molecule has 0 heterocycles. The third kappa shape index (κ3) is 4.53. The zero-order valence-corrected chi connectivity index (χ0v) is 10.9. The first-order valence-electron chi connectivity index (χ1n) is 5.92. The van der Waals surface area contributed by atoms with Gasteiger partial charge in [-0.15, -0.1) is 0 Å². The average Bonchev–Trinajstić information content (AvgIpc) is 2.35. The molecule has 0 atom stereocenters. The van der Waals surface area contributed by atoms with Gasteiger partial charge in [0.2, 0.25) is 0 Å². The van der Waals surface area contributed by atoms with Crippen LogP contribution in [0.3, 0.4) is 0 Å². The molecule has 0 amide bonds. The minimum absolute atomic E-state index is 0.680. The molecule has 1 aromatic rings. The number of nitrogen functional groups attached to an aromatic ring is 1. The summed E-state index contributed by atoms with van der Waals surface area (Å²) in [5.74, 6) is 1.44. The number of methoxy groups -OCH3 is 1. The van der Waals surface area contributed by atoms with Gasteiger partial charge in [-0.3, -0.25) is 0 Å². The molecular formula is C13H22N2O2. The van der Waals surface area contributed by atoms with E-state index in [1.165, 1.54) is 0 Å². The highest BCUT2D eigenvalue weighted by molar-refractivity contribution is 5.51. The van der Waals surface area contributed by atoms with E-state index in [2.05, 4.69) is 18.9 Å². The summed E-state index contributed by atoms with van der Waals surface area (Å²) in [6.45, 7) is 4.92. The van der Waals surface area contributed by atoms with Crippen molar-refractivity contribution in [1.82, 2.24) is 4.90 Å². The molecule has 96 valence electrons. The van der Waals surface area contributed by atoms with Crippen molar-refractivity contribution in [3.63, 3.8) is 0 Å². The van der Waals surface area contributed by atoms with Crippen molar-refractivity contribution in [3.05, 3.63) is 18.2 Å². The van der Waals surface area contributed by atoms with Crippen LogP contribution in [0.25, 0.3) is 0 Å². The Morgan fingerprint density at radius 3 is 2.71 bits per heavy atom. The largest absolute Gasteiger partial charge is 0.493 e. The van der Waals surface area contributed by atoms with Crippen LogP contribution >= 0.6 is 0 Å². The Balaban J connectivity index is 2.41. The molecule has 0 unspecified atom stereocenters. The Bertz CT molecular complexity index is 342. The molecule has 2 N–H and O–H groups in total. The third-order valence-electron chi connectivity index (χ3n) is 2.67. The fraction of sp³-hybridized carbons (Fsp3) is 0.538. The fourth-order valence-electron chi connectivity index (χ4n) is 1.48. The first-order chi connectivity index (χ1) is 8.17. The lowest BCUT2D eigenvalue weighted by molar-refractivity contribution is 0.258. The molecular weight excluding hydrogens is 216 g/mol. The van der Waals surface area contributed by atoms with Crippen molar-refractivity contribution in [2.75, 3.05) is 39.6 Å². The van der Waals surface area contributed by atoms with Crippen molar-refractivity contribution in [2.45, 2.75) is 13.3 Å². The van der Waals surface area contributed by atoms with Crippen LogP contribution in [0.1, 0.15) is 13.3 Å². The fourth-order valence-corrected chi connectivity index (χ4v) is 1.48. The van der Waals surface area contributed by atoms with Crippen LogP contribution in [-0.4, -0.2) is 38.8 Å². The molecule has 0 aliphatic rings. The minimum atomic E-state index is 0.680. The normalized spacial score (nSPS) is 10.6. The number of hydrogen-bond acceptors (Lipinski definition) is 4. The molecule has 0 spiro atoms. The standard InChI is InChI=1S/C13H22N2O2/c1-4-15(2)8-5-9-17-12-7-6-11(14)10-13(12)16-3/h6-7,10H,4-5,8-9,14H2,1-3H3. The van der Waals surface area contributed by atoms with Gasteiger partial charge in [0.15, 0.2) is 11.5 Å². The van der Waals surface area contributed by atoms with Gasteiger partial charge in [0, 0.05) is 18.3 Å². The monoisotopic (exact) mass is 238 g/mol. The highest BCUT2D eigenvalue weighted by atomic mass is 16.5. The number of ether oxygens (including phenoxy) is 2. The number of nitrogens with two attached hydrogens (primary N) is 1. The highest BCUT2D eigenvalue weighted by Crippen LogP contribution is 2.28. The lowest BCUT2D eigenvalue weighted by Crippen LogP contribution is -2.20. The zero-order valence-electron chi connectivity index (χ0n) is 10.9. The van der Waals surface area contributed by atoms with Gasteiger partial charge in [0.25, 0.3) is 0 Å². The first-order valence-corrected chi connectivity index (χ1v) is 5.92. The summed E-state index contributed by atoms with van der Waals surface area (Å²) in [6.07, 6.45) is 0.998. The lowest BCUT2D eigenvalue weighted by atomic mass is 10.3. The Morgan fingerprint density at radius 1 is 1.29 bits per heavy atom. The summed E-state index contributed by atoms with van der Waals surface area (Å²) in [4.78, 5) is 2.25. The van der Waals surface area contributed by atoms with Crippen LogP contribution in [-0.2, 0) is 0 Å². The summed E-state index contributed by atoms with van der Waals surface area (Å²) >= 11 is 0. The molecule has 4 nitrogen and oxygen atoms in total. The highest BCUT2D eigenvalue weighted by Gasteiger charge is 2.04. The van der Waals surface area contributed by atoms with Gasteiger partial charge in [-0.2, -0.15) is 0 Å². The summed E-state index contributed by atoms with van der Waals surface area (Å²) in [5.41, 5.74) is 6.35. The van der Waals surface area contributed by atoms with E-state index < -0.39 is 0 Å². The van der Waals surface area contributed by atoms with E-state index in [4.69, 9.17) is 15.2 Å². The number of rotatable bonds is 7. The number of benzene rings is 1. The molecule has 0 aliphatic heterocycles. The van der Waals surface area contributed by atoms with Crippen LogP contribution < -0.4 is 15.2 Å². The maximum Gasteiger partial charge on any atom is 0.162 e. The summed E-state index contributed by atoms with van der Waals surface area (Å²) in [5, 5.41) is 0. The van der Waals surface area contributed by atoms with Gasteiger partial charge in [-0.25, -0.2) is 0 Å². The zero-order chi connectivity index (χ0) is 12.7. The topological polar surface area (TPSA) is 47.7 Å². The van der Waals surface area contributed by atoms with Crippen LogP contribution in [0.4, 0.5) is 5.69 Å². The Morgan fingerprint density at radius 2 is 2.06 bits per heavy atom. The molecule has 0 radical (unpaired) electrons. The van der Waals surface area contributed by atoms with Gasteiger partial charge in [0.05, 0.1) is 13.7 Å². The first kappa shape index (κ1) is 13.6. The maximum absolute atomic E-state index is 5.67. The molecule has 0 saturated carbocycles. The van der Waals surface area contributed by atoms with Gasteiger partial charge >= 0.3 is 0 Å². The maximum atomic E-state index is 5.67. The number of hydrogen-bond donors (Lipinski definition) is 1. The van der Waals surface area contributed by atoms with Crippen molar-refractivity contribution >= 4 is 5.69 Å². The number of nitrogens with zero attached hydrogens (tertiary/aromatic N) is 1. The second kappa shape index (κ2) is 7.01. The molecule has 4 heteroatoms. The summed E-state index contributed by atoms with van der Waals surface area (Å²) in [6, 6.07) is 5.43.